The molecule has 0 bridgehead atoms. The lowest BCUT2D eigenvalue weighted by molar-refractivity contribution is 0.0317. The van der Waals surface area contributed by atoms with Crippen LogP contribution >= 0.6 is 0 Å². The van der Waals surface area contributed by atoms with Crippen molar-refractivity contribution in [1.82, 2.24) is 15.6 Å². The number of rotatable bonds is 2. The molecule has 0 saturated carbocycles. The fourth-order valence-electron chi connectivity index (χ4n) is 4.07. The van der Waals surface area contributed by atoms with E-state index >= 15 is 0 Å². The minimum absolute atomic E-state index is 0.0484. The predicted octanol–water partition coefficient (Wildman–Crippen LogP) is 2.15. The Kier molecular flexibility index (Phi) is 3.66. The predicted molar refractivity (Wildman–Crippen MR) is 88.0 cm³/mol. The van der Waals surface area contributed by atoms with Gasteiger partial charge in [0.25, 0.3) is 0 Å². The van der Waals surface area contributed by atoms with Gasteiger partial charge in [0.2, 0.25) is 0 Å². The van der Waals surface area contributed by atoms with Gasteiger partial charge in [-0.25, -0.2) is 0 Å². The third-order valence-corrected chi connectivity index (χ3v) is 5.43. The Balaban J connectivity index is 1.57. The molecule has 2 N–H and O–H groups in total. The van der Waals surface area contributed by atoms with Crippen LogP contribution in [0.4, 0.5) is 0 Å². The molecule has 0 spiro atoms. The van der Waals surface area contributed by atoms with Crippen LogP contribution in [-0.4, -0.2) is 36.8 Å². The van der Waals surface area contributed by atoms with Crippen LogP contribution < -0.4 is 15.4 Å². The smallest absolute Gasteiger partial charge is 0.141 e. The van der Waals surface area contributed by atoms with Crippen molar-refractivity contribution in [1.29, 1.82) is 0 Å². The zero-order valence-corrected chi connectivity index (χ0v) is 13.3. The Morgan fingerprint density at radius 2 is 2.09 bits per heavy atom. The van der Waals surface area contributed by atoms with Crippen molar-refractivity contribution < 1.29 is 4.74 Å². The number of fused-ring (bicyclic) bond motifs is 1. The number of nitrogens with zero attached hydrogens (tertiary/aromatic N) is 1. The standard InChI is InChI=1S/C18H25N3O/c1-18(15-4-8-20-9-5-15)11-14-10-16(21-12-17(14)22-18)13-2-6-19-7-3-13/h2,10,12,15,19-20H,3-9,11H2,1H3. The van der Waals surface area contributed by atoms with E-state index < -0.39 is 0 Å². The van der Waals surface area contributed by atoms with Gasteiger partial charge < -0.3 is 15.4 Å². The molecule has 0 radical (unpaired) electrons. The van der Waals surface area contributed by atoms with Crippen molar-refractivity contribution in [2.24, 2.45) is 5.92 Å². The SMILES string of the molecule is CC1(C2CCNCC2)Cc2cc(C3=CCNCC3)ncc2O1. The summed E-state index contributed by atoms with van der Waals surface area (Å²) in [6.45, 7) is 6.52. The van der Waals surface area contributed by atoms with E-state index in [0.29, 0.717) is 5.92 Å². The van der Waals surface area contributed by atoms with Gasteiger partial charge in [0.15, 0.2) is 0 Å². The van der Waals surface area contributed by atoms with E-state index in [-0.39, 0.29) is 5.60 Å². The van der Waals surface area contributed by atoms with E-state index in [0.717, 1.165) is 50.5 Å². The summed E-state index contributed by atoms with van der Waals surface area (Å²) < 4.78 is 6.35. The van der Waals surface area contributed by atoms with Crippen LogP contribution in [0.1, 0.15) is 37.4 Å². The van der Waals surface area contributed by atoms with E-state index in [4.69, 9.17) is 4.74 Å². The summed E-state index contributed by atoms with van der Waals surface area (Å²) in [5.74, 6) is 1.64. The third-order valence-electron chi connectivity index (χ3n) is 5.43. The second-order valence-corrected chi connectivity index (χ2v) is 6.98. The van der Waals surface area contributed by atoms with Crippen molar-refractivity contribution in [2.75, 3.05) is 26.2 Å². The summed E-state index contributed by atoms with van der Waals surface area (Å²) in [4.78, 5) is 4.65. The van der Waals surface area contributed by atoms with Gasteiger partial charge in [-0.2, -0.15) is 0 Å². The molecule has 1 fully saturated rings. The lowest BCUT2D eigenvalue weighted by atomic mass is 9.79. The Morgan fingerprint density at radius 3 is 2.86 bits per heavy atom. The molecule has 4 heteroatoms. The molecule has 1 aromatic rings. The van der Waals surface area contributed by atoms with E-state index in [1.54, 1.807) is 0 Å². The first kappa shape index (κ1) is 14.2. The monoisotopic (exact) mass is 299 g/mol. The first-order chi connectivity index (χ1) is 10.7. The summed E-state index contributed by atoms with van der Waals surface area (Å²) in [6.07, 6.45) is 8.72. The van der Waals surface area contributed by atoms with Crippen LogP contribution in [0.2, 0.25) is 0 Å². The highest BCUT2D eigenvalue weighted by molar-refractivity contribution is 5.65. The van der Waals surface area contributed by atoms with Crippen LogP contribution in [0, 0.1) is 5.92 Å². The zero-order valence-electron chi connectivity index (χ0n) is 13.3. The van der Waals surface area contributed by atoms with Gasteiger partial charge in [0.05, 0.1) is 11.9 Å². The van der Waals surface area contributed by atoms with Gasteiger partial charge in [-0.3, -0.25) is 4.98 Å². The molecule has 4 rings (SSSR count). The van der Waals surface area contributed by atoms with Crippen LogP contribution in [-0.2, 0) is 6.42 Å². The highest BCUT2D eigenvalue weighted by atomic mass is 16.5. The minimum Gasteiger partial charge on any atom is -0.485 e. The number of piperidine rings is 1. The molecule has 1 saturated heterocycles. The van der Waals surface area contributed by atoms with Gasteiger partial charge in [0.1, 0.15) is 11.4 Å². The zero-order chi connectivity index (χ0) is 15.0. The van der Waals surface area contributed by atoms with Crippen LogP contribution in [0.3, 0.4) is 0 Å². The van der Waals surface area contributed by atoms with Crippen LogP contribution in [0.5, 0.6) is 5.75 Å². The third kappa shape index (κ3) is 2.55. The molecule has 3 aliphatic heterocycles. The Labute approximate surface area is 132 Å². The van der Waals surface area contributed by atoms with E-state index in [2.05, 4.69) is 34.7 Å². The van der Waals surface area contributed by atoms with Crippen molar-refractivity contribution in [3.05, 3.63) is 29.6 Å². The van der Waals surface area contributed by atoms with Crippen LogP contribution in [0.25, 0.3) is 5.57 Å². The number of pyridine rings is 1. The number of ether oxygens (including phenoxy) is 1. The fraction of sp³-hybridized carbons (Fsp3) is 0.611. The number of hydrogen-bond acceptors (Lipinski definition) is 4. The Morgan fingerprint density at radius 1 is 1.23 bits per heavy atom. The number of nitrogens with one attached hydrogen (secondary N) is 2. The molecular weight excluding hydrogens is 274 g/mol. The molecule has 0 aromatic carbocycles. The van der Waals surface area contributed by atoms with Gasteiger partial charge in [-0.15, -0.1) is 0 Å². The molecule has 0 aliphatic carbocycles. The average Bonchev–Trinajstić information content (AvgIpc) is 2.93. The maximum atomic E-state index is 6.35. The van der Waals surface area contributed by atoms with Gasteiger partial charge >= 0.3 is 0 Å². The van der Waals surface area contributed by atoms with E-state index in [9.17, 15) is 0 Å². The second kappa shape index (κ2) is 5.67. The second-order valence-electron chi connectivity index (χ2n) is 6.98. The van der Waals surface area contributed by atoms with Gasteiger partial charge in [0, 0.05) is 24.4 Å². The largest absolute Gasteiger partial charge is 0.485 e. The van der Waals surface area contributed by atoms with E-state index in [1.807, 2.05) is 6.20 Å². The minimum atomic E-state index is -0.0484. The maximum Gasteiger partial charge on any atom is 0.141 e. The summed E-state index contributed by atoms with van der Waals surface area (Å²) in [5, 5.41) is 6.81. The quantitative estimate of drug-likeness (QED) is 0.878. The lowest BCUT2D eigenvalue weighted by Gasteiger charge is -2.36. The highest BCUT2D eigenvalue weighted by Gasteiger charge is 2.42. The molecule has 1 aromatic heterocycles. The van der Waals surface area contributed by atoms with Crippen molar-refractivity contribution in [3.63, 3.8) is 0 Å². The normalized spacial score (nSPS) is 28.9. The van der Waals surface area contributed by atoms with Gasteiger partial charge in [-0.1, -0.05) is 6.08 Å². The molecular formula is C18H25N3O. The first-order valence-electron chi connectivity index (χ1n) is 8.53. The topological polar surface area (TPSA) is 46.2 Å². The lowest BCUT2D eigenvalue weighted by Crippen LogP contribution is -2.44. The molecule has 0 amide bonds. The Bertz CT molecular complexity index is 592. The average molecular weight is 299 g/mol. The summed E-state index contributed by atoms with van der Waals surface area (Å²) in [6, 6.07) is 2.26. The van der Waals surface area contributed by atoms with Crippen molar-refractivity contribution in [2.45, 2.75) is 38.2 Å². The Hall–Kier alpha value is -1.39. The first-order valence-corrected chi connectivity index (χ1v) is 8.53. The summed E-state index contributed by atoms with van der Waals surface area (Å²) in [5.41, 5.74) is 3.80. The summed E-state index contributed by atoms with van der Waals surface area (Å²) >= 11 is 0. The molecule has 1 unspecified atom stereocenters. The van der Waals surface area contributed by atoms with Crippen LogP contribution in [0.15, 0.2) is 18.3 Å². The van der Waals surface area contributed by atoms with Crippen molar-refractivity contribution >= 4 is 5.57 Å². The fourth-order valence-corrected chi connectivity index (χ4v) is 4.07. The van der Waals surface area contributed by atoms with E-state index in [1.165, 1.54) is 24.0 Å². The molecule has 22 heavy (non-hydrogen) atoms. The van der Waals surface area contributed by atoms with Crippen molar-refractivity contribution in [3.8, 4) is 5.75 Å². The molecule has 1 atom stereocenters. The molecule has 3 aliphatic rings. The highest BCUT2D eigenvalue weighted by Crippen LogP contribution is 2.42. The number of hydrogen-bond donors (Lipinski definition) is 2. The number of aromatic nitrogens is 1. The molecule has 118 valence electrons. The molecule has 4 heterocycles. The molecule has 4 nitrogen and oxygen atoms in total. The van der Waals surface area contributed by atoms with Gasteiger partial charge in [-0.05, 0) is 57.5 Å². The summed E-state index contributed by atoms with van der Waals surface area (Å²) in [7, 11) is 0. The maximum absolute atomic E-state index is 6.35.